The number of benzene rings is 2. The zero-order valence-corrected chi connectivity index (χ0v) is 16.4. The van der Waals surface area contributed by atoms with Crippen molar-refractivity contribution < 1.29 is 5.21 Å². The second-order valence-electron chi connectivity index (χ2n) is 5.73. The molecule has 5 nitrogen and oxygen atoms in total. The summed E-state index contributed by atoms with van der Waals surface area (Å²) in [5, 5.41) is 9.93. The van der Waals surface area contributed by atoms with Crippen molar-refractivity contribution in [3.05, 3.63) is 59.7 Å². The van der Waals surface area contributed by atoms with Crippen molar-refractivity contribution in [2.75, 3.05) is 16.5 Å². The van der Waals surface area contributed by atoms with Gasteiger partial charge in [-0.15, -0.1) is 11.8 Å². The van der Waals surface area contributed by atoms with Crippen LogP contribution >= 0.6 is 23.7 Å². The minimum Gasteiger partial charge on any atom is -0.294 e. The minimum absolute atomic E-state index is 0.557. The van der Waals surface area contributed by atoms with Crippen LogP contribution in [0.3, 0.4) is 0 Å². The van der Waals surface area contributed by atoms with Crippen LogP contribution in [-0.4, -0.2) is 21.4 Å². The van der Waals surface area contributed by atoms with Crippen molar-refractivity contribution >= 4 is 35.3 Å². The molecule has 0 spiro atoms. The molecule has 2 aromatic carbocycles. The number of rotatable bonds is 6. The Labute approximate surface area is 161 Å². The Kier molecular flexibility index (Phi) is 6.03. The normalized spacial score (nSPS) is 10.6. The average molecular weight is 385 g/mol. The molecule has 0 amide bonds. The standard InChI is InChI=1S/C19H20N4OS2/c1-12-6-4-7-13(2)18(12)16-11-17(25-3)21-19(20-16)23-26-15-9-5-8-14(10-15)22-24/h4-11,22,24H,1-3H3,(H,20,21,23). The summed E-state index contributed by atoms with van der Waals surface area (Å²) in [4.78, 5) is 10.2. The van der Waals surface area contributed by atoms with Crippen molar-refractivity contribution in [2.24, 2.45) is 0 Å². The number of nitrogens with zero attached hydrogens (tertiary/aromatic N) is 2. The third-order valence-corrected chi connectivity index (χ3v) is 5.27. The van der Waals surface area contributed by atoms with E-state index in [2.05, 4.69) is 47.2 Å². The SMILES string of the molecule is CSc1cc(-c2c(C)cccc2C)nc(NSc2cccc(NO)c2)n1. The highest BCUT2D eigenvalue weighted by Gasteiger charge is 2.11. The van der Waals surface area contributed by atoms with Crippen LogP contribution in [0.5, 0.6) is 0 Å². The van der Waals surface area contributed by atoms with Gasteiger partial charge in [0.2, 0.25) is 5.95 Å². The fourth-order valence-corrected chi connectivity index (χ4v) is 3.70. The lowest BCUT2D eigenvalue weighted by Gasteiger charge is -2.12. The molecule has 0 radical (unpaired) electrons. The highest BCUT2D eigenvalue weighted by molar-refractivity contribution is 8.00. The molecule has 1 aromatic heterocycles. The molecular weight excluding hydrogens is 364 g/mol. The van der Waals surface area contributed by atoms with Gasteiger partial charge in [-0.25, -0.2) is 9.97 Å². The first-order valence-electron chi connectivity index (χ1n) is 8.03. The number of thioether (sulfide) groups is 1. The van der Waals surface area contributed by atoms with E-state index in [1.165, 1.54) is 23.1 Å². The topological polar surface area (TPSA) is 70.1 Å². The zero-order chi connectivity index (χ0) is 18.5. The van der Waals surface area contributed by atoms with Gasteiger partial charge in [-0.1, -0.05) is 24.3 Å². The second kappa shape index (κ2) is 8.44. The molecule has 0 unspecified atom stereocenters. The van der Waals surface area contributed by atoms with Crippen LogP contribution in [0.4, 0.5) is 11.6 Å². The van der Waals surface area contributed by atoms with Gasteiger partial charge in [0.1, 0.15) is 5.03 Å². The van der Waals surface area contributed by atoms with Gasteiger partial charge in [0.05, 0.1) is 11.4 Å². The summed E-state index contributed by atoms with van der Waals surface area (Å²) in [7, 11) is 0. The second-order valence-corrected chi connectivity index (χ2v) is 7.44. The van der Waals surface area contributed by atoms with E-state index in [4.69, 9.17) is 10.2 Å². The van der Waals surface area contributed by atoms with E-state index in [9.17, 15) is 0 Å². The molecule has 3 N–H and O–H groups in total. The first-order valence-corrected chi connectivity index (χ1v) is 10.1. The van der Waals surface area contributed by atoms with Gasteiger partial charge < -0.3 is 0 Å². The Morgan fingerprint density at radius 2 is 1.69 bits per heavy atom. The van der Waals surface area contributed by atoms with E-state index < -0.39 is 0 Å². The number of anilines is 2. The number of nitrogens with one attached hydrogen (secondary N) is 2. The molecule has 26 heavy (non-hydrogen) atoms. The van der Waals surface area contributed by atoms with Gasteiger partial charge in [-0.2, -0.15) is 0 Å². The largest absolute Gasteiger partial charge is 0.294 e. The lowest BCUT2D eigenvalue weighted by Crippen LogP contribution is -2.00. The van der Waals surface area contributed by atoms with Crippen molar-refractivity contribution in [3.8, 4) is 11.3 Å². The maximum atomic E-state index is 9.02. The summed E-state index contributed by atoms with van der Waals surface area (Å²) in [6.07, 6.45) is 2.00. The third kappa shape index (κ3) is 4.30. The van der Waals surface area contributed by atoms with Crippen LogP contribution < -0.4 is 10.2 Å². The third-order valence-electron chi connectivity index (χ3n) is 3.87. The van der Waals surface area contributed by atoms with E-state index >= 15 is 0 Å². The predicted octanol–water partition coefficient (Wildman–Crippen LogP) is 5.40. The molecule has 0 saturated heterocycles. The molecule has 0 aliphatic carbocycles. The molecule has 3 aromatic rings. The predicted molar refractivity (Wildman–Crippen MR) is 110 cm³/mol. The Morgan fingerprint density at radius 3 is 2.38 bits per heavy atom. The lowest BCUT2D eigenvalue weighted by atomic mass is 10.00. The molecule has 0 aliphatic rings. The monoisotopic (exact) mass is 384 g/mol. The molecular formula is C19H20N4OS2. The fourth-order valence-electron chi connectivity index (χ4n) is 2.66. The highest BCUT2D eigenvalue weighted by atomic mass is 32.2. The zero-order valence-electron chi connectivity index (χ0n) is 14.8. The Balaban J connectivity index is 1.90. The van der Waals surface area contributed by atoms with Crippen LogP contribution in [0.15, 0.2) is 58.5 Å². The molecule has 3 rings (SSSR count). The van der Waals surface area contributed by atoms with Crippen LogP contribution in [0.1, 0.15) is 11.1 Å². The molecule has 0 fully saturated rings. The van der Waals surface area contributed by atoms with Crippen LogP contribution in [0.25, 0.3) is 11.3 Å². The molecule has 0 bridgehead atoms. The van der Waals surface area contributed by atoms with Gasteiger partial charge in [0.15, 0.2) is 0 Å². The molecule has 0 aliphatic heterocycles. The van der Waals surface area contributed by atoms with E-state index in [0.717, 1.165) is 21.2 Å². The summed E-state index contributed by atoms with van der Waals surface area (Å²) in [5.41, 5.74) is 7.22. The van der Waals surface area contributed by atoms with E-state index in [-0.39, 0.29) is 0 Å². The summed E-state index contributed by atoms with van der Waals surface area (Å²) in [6, 6.07) is 15.7. The first-order chi connectivity index (χ1) is 12.6. The van der Waals surface area contributed by atoms with E-state index in [0.29, 0.717) is 11.6 Å². The van der Waals surface area contributed by atoms with Gasteiger partial charge >= 0.3 is 0 Å². The molecule has 0 atom stereocenters. The average Bonchev–Trinajstić information content (AvgIpc) is 2.66. The summed E-state index contributed by atoms with van der Waals surface area (Å²) in [6.45, 7) is 4.19. The van der Waals surface area contributed by atoms with E-state index in [1.807, 2.05) is 30.5 Å². The molecule has 0 saturated carbocycles. The number of aryl methyl sites for hydroxylation is 2. The minimum atomic E-state index is 0.557. The van der Waals surface area contributed by atoms with Gasteiger partial charge in [0, 0.05) is 10.5 Å². The number of hydrogen-bond acceptors (Lipinski definition) is 7. The summed E-state index contributed by atoms with van der Waals surface area (Å²) >= 11 is 2.99. The maximum absolute atomic E-state index is 9.02. The van der Waals surface area contributed by atoms with Crippen molar-refractivity contribution in [2.45, 2.75) is 23.8 Å². The van der Waals surface area contributed by atoms with Gasteiger partial charge in [0.25, 0.3) is 0 Å². The molecule has 7 heteroatoms. The fraction of sp³-hybridized carbons (Fsp3) is 0.158. The van der Waals surface area contributed by atoms with Crippen LogP contribution in [-0.2, 0) is 0 Å². The molecule has 1 heterocycles. The van der Waals surface area contributed by atoms with Crippen LogP contribution in [0.2, 0.25) is 0 Å². The Bertz CT molecular complexity index is 898. The van der Waals surface area contributed by atoms with Crippen molar-refractivity contribution in [1.29, 1.82) is 0 Å². The maximum Gasteiger partial charge on any atom is 0.234 e. The number of aromatic nitrogens is 2. The summed E-state index contributed by atoms with van der Waals surface area (Å²) in [5.74, 6) is 0.557. The Hall–Kier alpha value is -2.22. The summed E-state index contributed by atoms with van der Waals surface area (Å²) < 4.78 is 3.21. The van der Waals surface area contributed by atoms with Crippen LogP contribution in [0, 0.1) is 13.8 Å². The van der Waals surface area contributed by atoms with Gasteiger partial charge in [-0.3, -0.25) is 15.4 Å². The van der Waals surface area contributed by atoms with E-state index in [1.54, 1.807) is 17.8 Å². The smallest absolute Gasteiger partial charge is 0.234 e. The van der Waals surface area contributed by atoms with Crippen molar-refractivity contribution in [1.82, 2.24) is 9.97 Å². The lowest BCUT2D eigenvalue weighted by molar-refractivity contribution is 0.389. The Morgan fingerprint density at radius 1 is 0.962 bits per heavy atom. The molecule has 134 valence electrons. The highest BCUT2D eigenvalue weighted by Crippen LogP contribution is 2.30. The quantitative estimate of drug-likeness (QED) is 0.227. The van der Waals surface area contributed by atoms with Gasteiger partial charge in [-0.05, 0) is 67.4 Å². The van der Waals surface area contributed by atoms with Crippen molar-refractivity contribution in [3.63, 3.8) is 0 Å². The number of hydrogen-bond donors (Lipinski definition) is 3. The first kappa shape index (κ1) is 18.6.